The van der Waals surface area contributed by atoms with Crippen molar-refractivity contribution >= 4 is 17.5 Å². The number of alkyl halides is 3. The number of carbonyl (C=O) groups excluding carboxylic acids is 2. The summed E-state index contributed by atoms with van der Waals surface area (Å²) in [7, 11) is 1.37. The van der Waals surface area contributed by atoms with Gasteiger partial charge in [0.05, 0.1) is 18.6 Å². The molecule has 2 unspecified atom stereocenters. The first-order valence-corrected chi connectivity index (χ1v) is 11.0. The zero-order valence-electron chi connectivity index (χ0n) is 19.2. The van der Waals surface area contributed by atoms with Gasteiger partial charge in [0.1, 0.15) is 17.7 Å². The summed E-state index contributed by atoms with van der Waals surface area (Å²) < 4.78 is 58.2. The van der Waals surface area contributed by atoms with Crippen LogP contribution in [-0.2, 0) is 11.0 Å². The Labute approximate surface area is 199 Å². The first-order valence-electron chi connectivity index (χ1n) is 11.0. The lowest BCUT2D eigenvalue weighted by atomic mass is 9.83. The Morgan fingerprint density at radius 3 is 2.51 bits per heavy atom. The van der Waals surface area contributed by atoms with E-state index < -0.39 is 41.3 Å². The van der Waals surface area contributed by atoms with Crippen molar-refractivity contribution in [2.75, 3.05) is 12.4 Å². The van der Waals surface area contributed by atoms with Gasteiger partial charge in [0.2, 0.25) is 11.8 Å². The van der Waals surface area contributed by atoms with E-state index in [0.29, 0.717) is 18.6 Å². The maximum atomic E-state index is 13.7. The number of halogens is 4. The molecule has 4 atom stereocenters. The van der Waals surface area contributed by atoms with Gasteiger partial charge in [0, 0.05) is 23.8 Å². The number of benzene rings is 1. The highest BCUT2D eigenvalue weighted by Crippen LogP contribution is 2.54. The second kappa shape index (κ2) is 9.27. The minimum Gasteiger partial charge on any atom is -0.480 e. The summed E-state index contributed by atoms with van der Waals surface area (Å²) in [5.41, 5.74) is 0.572. The Morgan fingerprint density at radius 2 is 1.86 bits per heavy atom. The molecular weight excluding hydrogens is 468 g/mol. The van der Waals surface area contributed by atoms with Crippen LogP contribution in [0.2, 0.25) is 0 Å². The molecule has 2 fully saturated rings. The lowest BCUT2D eigenvalue weighted by Gasteiger charge is -2.30. The van der Waals surface area contributed by atoms with Gasteiger partial charge in [-0.2, -0.15) is 13.2 Å². The van der Waals surface area contributed by atoms with Crippen LogP contribution in [0.5, 0.6) is 5.88 Å². The number of nitrogens with one attached hydrogen (secondary N) is 2. The first-order chi connectivity index (χ1) is 16.5. The number of amides is 2. The van der Waals surface area contributed by atoms with Crippen molar-refractivity contribution in [2.45, 2.75) is 38.9 Å². The second-order valence-corrected chi connectivity index (χ2v) is 8.90. The summed E-state index contributed by atoms with van der Waals surface area (Å²) in [4.78, 5) is 34.2. The molecule has 0 spiro atoms. The van der Waals surface area contributed by atoms with Gasteiger partial charge < -0.3 is 15.4 Å². The van der Waals surface area contributed by atoms with E-state index in [2.05, 4.69) is 20.6 Å². The minimum atomic E-state index is -4.90. The van der Waals surface area contributed by atoms with Crippen molar-refractivity contribution < 1.29 is 31.9 Å². The van der Waals surface area contributed by atoms with Crippen molar-refractivity contribution in [3.63, 3.8) is 0 Å². The largest absolute Gasteiger partial charge is 0.480 e. The van der Waals surface area contributed by atoms with Crippen LogP contribution in [0.15, 0.2) is 41.9 Å². The first kappa shape index (κ1) is 24.6. The van der Waals surface area contributed by atoms with Crippen molar-refractivity contribution in [1.29, 1.82) is 0 Å². The van der Waals surface area contributed by atoms with E-state index in [1.165, 1.54) is 19.6 Å². The van der Waals surface area contributed by atoms with Crippen LogP contribution in [0.1, 0.15) is 42.6 Å². The smallest absolute Gasteiger partial charge is 0.419 e. The van der Waals surface area contributed by atoms with Crippen molar-refractivity contribution in [1.82, 2.24) is 15.3 Å². The van der Waals surface area contributed by atoms with Crippen molar-refractivity contribution in [2.24, 2.45) is 17.8 Å². The molecule has 2 aromatic rings. The van der Waals surface area contributed by atoms with E-state index >= 15 is 0 Å². The summed E-state index contributed by atoms with van der Waals surface area (Å²) in [6.45, 7) is 3.87. The third-order valence-corrected chi connectivity index (χ3v) is 6.67. The quantitative estimate of drug-likeness (QED) is 0.478. The Morgan fingerprint density at radius 1 is 1.14 bits per heavy atom. The zero-order chi connectivity index (χ0) is 25.5. The number of aromatic nitrogens is 2. The lowest BCUT2D eigenvalue weighted by molar-refractivity contribution is -0.140. The van der Waals surface area contributed by atoms with Gasteiger partial charge in [0.15, 0.2) is 0 Å². The molecule has 2 aliphatic rings. The molecule has 1 aromatic carbocycles. The average molecular weight is 492 g/mol. The van der Waals surface area contributed by atoms with Gasteiger partial charge in [-0.25, -0.2) is 14.4 Å². The summed E-state index contributed by atoms with van der Waals surface area (Å²) in [5.74, 6) is -3.41. The lowest BCUT2D eigenvalue weighted by Crippen LogP contribution is -2.48. The maximum Gasteiger partial charge on any atom is 0.419 e. The molecule has 186 valence electrons. The molecule has 11 heteroatoms. The SMILES string of the molecule is COc1ncncc1C(=O)N[C@@H]1C2CCC(C2=C(C)C)[C@@H]1C(=O)Nc1ccc(F)c(C(F)(F)F)c1. The number of anilines is 1. The van der Waals surface area contributed by atoms with Crippen LogP contribution in [0.3, 0.4) is 0 Å². The summed E-state index contributed by atoms with van der Waals surface area (Å²) in [6, 6.07) is 1.72. The maximum absolute atomic E-state index is 13.7. The molecule has 4 rings (SSSR count). The van der Waals surface area contributed by atoms with E-state index in [-0.39, 0.29) is 29.0 Å². The topological polar surface area (TPSA) is 93.2 Å². The van der Waals surface area contributed by atoms with E-state index in [1.807, 2.05) is 13.8 Å². The third kappa shape index (κ3) is 4.59. The number of carbonyl (C=O) groups is 2. The second-order valence-electron chi connectivity index (χ2n) is 8.90. The monoisotopic (exact) mass is 492 g/mol. The summed E-state index contributed by atoms with van der Waals surface area (Å²) >= 11 is 0. The molecule has 1 aromatic heterocycles. The fourth-order valence-electron chi connectivity index (χ4n) is 5.38. The minimum absolute atomic E-state index is 0.0788. The highest BCUT2D eigenvalue weighted by atomic mass is 19.4. The third-order valence-electron chi connectivity index (χ3n) is 6.67. The molecule has 35 heavy (non-hydrogen) atoms. The number of allylic oxidation sites excluding steroid dienone is 1. The van der Waals surface area contributed by atoms with Crippen LogP contribution in [0.4, 0.5) is 23.2 Å². The molecule has 2 saturated carbocycles. The number of hydrogen-bond acceptors (Lipinski definition) is 5. The number of methoxy groups -OCH3 is 1. The van der Waals surface area contributed by atoms with Crippen molar-refractivity contribution in [3.8, 4) is 5.88 Å². The average Bonchev–Trinajstić information content (AvgIpc) is 3.36. The Bertz CT molecular complexity index is 1190. The number of hydrogen-bond donors (Lipinski definition) is 2. The predicted octanol–water partition coefficient (Wildman–Crippen LogP) is 4.37. The van der Waals surface area contributed by atoms with E-state index in [9.17, 15) is 27.2 Å². The van der Waals surface area contributed by atoms with Crippen molar-refractivity contribution in [3.05, 3.63) is 58.8 Å². The molecular formula is C24H24F4N4O3. The fourth-order valence-corrected chi connectivity index (χ4v) is 5.38. The fraction of sp³-hybridized carbons (Fsp3) is 0.417. The molecule has 0 radical (unpaired) electrons. The molecule has 2 bridgehead atoms. The van der Waals surface area contributed by atoms with Gasteiger partial charge >= 0.3 is 6.18 Å². The van der Waals surface area contributed by atoms with Crippen LogP contribution < -0.4 is 15.4 Å². The van der Waals surface area contributed by atoms with E-state index in [0.717, 1.165) is 23.6 Å². The zero-order valence-corrected chi connectivity index (χ0v) is 19.2. The normalized spacial score (nSPS) is 23.2. The van der Waals surface area contributed by atoms with Gasteiger partial charge in [-0.15, -0.1) is 0 Å². The highest BCUT2D eigenvalue weighted by molar-refractivity contribution is 5.98. The molecule has 2 amide bonds. The molecule has 2 aliphatic carbocycles. The standard InChI is InChI=1S/C24H24F4N4O3/c1-11(2)18-13-5-6-14(18)20(32-21(33)15-9-29-10-30-23(15)35-3)19(13)22(34)31-12-4-7-17(25)16(8-12)24(26,27)28/h4,7-10,13-14,19-20H,5-6H2,1-3H3,(H,31,34)(H,32,33)/t13?,14?,19-,20+/m0/s1. The van der Waals surface area contributed by atoms with Gasteiger partial charge in [-0.05, 0) is 50.8 Å². The Kier molecular flexibility index (Phi) is 6.52. The number of rotatable bonds is 5. The number of nitrogens with zero attached hydrogens (tertiary/aromatic N) is 2. The van der Waals surface area contributed by atoms with Gasteiger partial charge in [0.25, 0.3) is 5.91 Å². The molecule has 0 saturated heterocycles. The van der Waals surface area contributed by atoms with Gasteiger partial charge in [-0.3, -0.25) is 9.59 Å². The van der Waals surface area contributed by atoms with Crippen LogP contribution in [-0.4, -0.2) is 34.9 Å². The number of ether oxygens (including phenoxy) is 1. The Hall–Kier alpha value is -3.50. The van der Waals surface area contributed by atoms with Crippen LogP contribution in [0, 0.1) is 23.6 Å². The molecule has 2 N–H and O–H groups in total. The molecule has 0 aliphatic heterocycles. The van der Waals surface area contributed by atoms with E-state index in [1.54, 1.807) is 0 Å². The number of fused-ring (bicyclic) bond motifs is 2. The van der Waals surface area contributed by atoms with Crippen LogP contribution in [0.25, 0.3) is 0 Å². The molecule has 1 heterocycles. The highest BCUT2D eigenvalue weighted by Gasteiger charge is 2.55. The molecule has 7 nitrogen and oxygen atoms in total. The predicted molar refractivity (Wildman–Crippen MR) is 118 cm³/mol. The van der Waals surface area contributed by atoms with Gasteiger partial charge in [-0.1, -0.05) is 11.1 Å². The van der Waals surface area contributed by atoms with Crippen LogP contribution >= 0.6 is 0 Å². The Balaban J connectivity index is 1.64. The van der Waals surface area contributed by atoms with E-state index in [4.69, 9.17) is 4.74 Å². The summed E-state index contributed by atoms with van der Waals surface area (Å²) in [5, 5.41) is 5.42. The summed E-state index contributed by atoms with van der Waals surface area (Å²) in [6.07, 6.45) is -0.882.